The predicted molar refractivity (Wildman–Crippen MR) is 153 cm³/mol. The Morgan fingerprint density at radius 2 is 1.18 bits per heavy atom. The molecule has 0 aromatic rings. The fourth-order valence-electron chi connectivity index (χ4n) is 3.29. The standard InChI is InChI=1S/C22H43N11O6S/c1-40-11-8-12(23)17(35)31-13(4-2-9-29-21(25)26)18(36)32-14(6-7-16(24)34)19(37)33-15(20(38)39)5-3-10-30-22(27)28/h12-15H,2-11,23H2,1H3,(H2,24,34)(H,31,35)(H,32,36)(H,33,37)(H,38,39)(H4,25,26,29)(H4,27,28,30). The van der Waals surface area contributed by atoms with E-state index in [1.165, 1.54) is 11.8 Å². The number of guanidine groups is 2. The maximum atomic E-state index is 13.2. The molecule has 0 bridgehead atoms. The lowest BCUT2D eigenvalue weighted by molar-refractivity contribution is -0.142. The average Bonchev–Trinajstić information content (AvgIpc) is 2.87. The number of nitrogens with zero attached hydrogens (tertiary/aromatic N) is 2. The number of aliphatic carboxylic acids is 1. The van der Waals surface area contributed by atoms with E-state index >= 15 is 0 Å². The second-order valence-corrected chi connectivity index (χ2v) is 9.80. The summed E-state index contributed by atoms with van der Waals surface area (Å²) in [5, 5.41) is 16.9. The van der Waals surface area contributed by atoms with Crippen LogP contribution in [0.25, 0.3) is 0 Å². The maximum Gasteiger partial charge on any atom is 0.326 e. The summed E-state index contributed by atoms with van der Waals surface area (Å²) >= 11 is 1.51. The molecule has 0 aliphatic rings. The zero-order chi connectivity index (χ0) is 30.7. The van der Waals surface area contributed by atoms with Crippen LogP contribution in [0.4, 0.5) is 0 Å². The van der Waals surface area contributed by atoms with Crippen molar-refractivity contribution < 1.29 is 29.1 Å². The third kappa shape index (κ3) is 16.9. The van der Waals surface area contributed by atoms with Crippen molar-refractivity contribution in [3.05, 3.63) is 0 Å². The van der Waals surface area contributed by atoms with Crippen LogP contribution in [-0.4, -0.2) is 95.9 Å². The van der Waals surface area contributed by atoms with Crippen molar-refractivity contribution in [2.45, 2.75) is 69.1 Å². The van der Waals surface area contributed by atoms with Gasteiger partial charge in [-0.15, -0.1) is 0 Å². The first-order valence-electron chi connectivity index (χ1n) is 12.6. The van der Waals surface area contributed by atoms with Crippen molar-refractivity contribution >= 4 is 53.3 Å². The molecule has 16 N–H and O–H groups in total. The van der Waals surface area contributed by atoms with Gasteiger partial charge in [0.1, 0.15) is 18.1 Å². The lowest BCUT2D eigenvalue weighted by Crippen LogP contribution is -2.57. The number of thioether (sulfide) groups is 1. The fraction of sp³-hybridized carbons (Fsp3) is 0.682. The molecule has 17 nitrogen and oxygen atoms in total. The molecule has 0 aliphatic carbocycles. The second kappa shape index (κ2) is 20.2. The van der Waals surface area contributed by atoms with Crippen molar-refractivity contribution in [3.8, 4) is 0 Å². The van der Waals surface area contributed by atoms with Crippen molar-refractivity contribution in [1.29, 1.82) is 0 Å². The number of aliphatic imine (C=N–C) groups is 2. The predicted octanol–water partition coefficient (Wildman–Crippen LogP) is -4.02. The van der Waals surface area contributed by atoms with Crippen LogP contribution >= 0.6 is 11.8 Å². The second-order valence-electron chi connectivity index (χ2n) is 8.81. The number of amides is 4. The number of hydrogen-bond acceptors (Lipinski definition) is 9. The lowest BCUT2D eigenvalue weighted by atomic mass is 10.1. The molecule has 0 fully saturated rings. The Bertz CT molecular complexity index is 910. The number of hydrogen-bond donors (Lipinski definition) is 10. The first-order chi connectivity index (χ1) is 18.8. The summed E-state index contributed by atoms with van der Waals surface area (Å²) in [7, 11) is 0. The molecule has 4 atom stereocenters. The van der Waals surface area contributed by atoms with E-state index in [9.17, 15) is 29.1 Å². The van der Waals surface area contributed by atoms with E-state index in [-0.39, 0.29) is 57.1 Å². The molecule has 18 heteroatoms. The minimum absolute atomic E-state index is 0.00819. The molecule has 0 aromatic carbocycles. The summed E-state index contributed by atoms with van der Waals surface area (Å²) in [6.45, 7) is 0.316. The number of carboxylic acids is 1. The van der Waals surface area contributed by atoms with E-state index < -0.39 is 53.8 Å². The smallest absolute Gasteiger partial charge is 0.326 e. The molecule has 0 aliphatic heterocycles. The van der Waals surface area contributed by atoms with Crippen LogP contribution in [-0.2, 0) is 24.0 Å². The molecule has 0 heterocycles. The van der Waals surface area contributed by atoms with Crippen LogP contribution in [0.3, 0.4) is 0 Å². The molecule has 228 valence electrons. The van der Waals surface area contributed by atoms with Crippen LogP contribution in [0.1, 0.15) is 44.9 Å². The average molecular weight is 590 g/mol. The number of carboxylic acid groups (broad SMARTS) is 1. The molecule has 0 saturated heterocycles. The van der Waals surface area contributed by atoms with Crippen molar-refractivity contribution in [2.24, 2.45) is 44.4 Å². The monoisotopic (exact) mass is 589 g/mol. The van der Waals surface area contributed by atoms with Gasteiger partial charge < -0.3 is 55.5 Å². The maximum absolute atomic E-state index is 13.2. The van der Waals surface area contributed by atoms with Gasteiger partial charge in [-0.25, -0.2) is 4.79 Å². The third-order valence-corrected chi connectivity index (χ3v) is 6.06. The van der Waals surface area contributed by atoms with Crippen LogP contribution < -0.4 is 50.4 Å². The van der Waals surface area contributed by atoms with Gasteiger partial charge in [0.2, 0.25) is 23.6 Å². The minimum atomic E-state index is -1.33. The molecule has 0 spiro atoms. The Hall–Kier alpha value is -3.80. The van der Waals surface area contributed by atoms with Crippen LogP contribution in [0, 0.1) is 0 Å². The van der Waals surface area contributed by atoms with Crippen LogP contribution in [0.15, 0.2) is 9.98 Å². The van der Waals surface area contributed by atoms with Gasteiger partial charge in [0.05, 0.1) is 6.04 Å². The molecule has 4 unspecified atom stereocenters. The molecule has 0 rings (SSSR count). The first-order valence-corrected chi connectivity index (χ1v) is 13.9. The van der Waals surface area contributed by atoms with Gasteiger partial charge in [-0.1, -0.05) is 0 Å². The van der Waals surface area contributed by atoms with E-state index in [0.29, 0.717) is 18.6 Å². The molecule has 4 amide bonds. The van der Waals surface area contributed by atoms with Gasteiger partial charge in [0.25, 0.3) is 0 Å². The Kier molecular flexibility index (Phi) is 18.2. The number of carbonyl (C=O) groups excluding carboxylic acids is 4. The topological polar surface area (TPSA) is 323 Å². The third-order valence-electron chi connectivity index (χ3n) is 5.42. The quantitative estimate of drug-likeness (QED) is 0.0347. The van der Waals surface area contributed by atoms with Crippen molar-refractivity contribution in [2.75, 3.05) is 25.1 Å². The summed E-state index contributed by atoms with van der Waals surface area (Å²) in [6, 6.07) is -4.65. The zero-order valence-corrected chi connectivity index (χ0v) is 23.5. The summed E-state index contributed by atoms with van der Waals surface area (Å²) in [5.41, 5.74) is 32.3. The summed E-state index contributed by atoms with van der Waals surface area (Å²) in [5.74, 6) is -3.90. The van der Waals surface area contributed by atoms with E-state index in [1.54, 1.807) is 0 Å². The molecule has 0 saturated carbocycles. The van der Waals surface area contributed by atoms with Gasteiger partial charge in [-0.05, 0) is 50.5 Å². The number of nitrogens with two attached hydrogens (primary N) is 6. The Balaban J connectivity index is 5.65. The largest absolute Gasteiger partial charge is 0.480 e. The van der Waals surface area contributed by atoms with Crippen LogP contribution in [0.5, 0.6) is 0 Å². The zero-order valence-electron chi connectivity index (χ0n) is 22.6. The molecular formula is C22H43N11O6S. The van der Waals surface area contributed by atoms with E-state index in [2.05, 4.69) is 25.9 Å². The van der Waals surface area contributed by atoms with Gasteiger partial charge >= 0.3 is 5.97 Å². The highest BCUT2D eigenvalue weighted by Crippen LogP contribution is 2.07. The number of nitrogens with one attached hydrogen (secondary N) is 3. The molecule has 0 aromatic heterocycles. The highest BCUT2D eigenvalue weighted by atomic mass is 32.2. The normalized spacial score (nSPS) is 13.6. The minimum Gasteiger partial charge on any atom is -0.480 e. The number of primary amides is 1. The van der Waals surface area contributed by atoms with E-state index in [0.717, 1.165) is 0 Å². The van der Waals surface area contributed by atoms with Gasteiger partial charge in [0.15, 0.2) is 11.9 Å². The fourth-order valence-corrected chi connectivity index (χ4v) is 3.78. The summed E-state index contributed by atoms with van der Waals surface area (Å²) < 4.78 is 0. The van der Waals surface area contributed by atoms with Gasteiger partial charge in [-0.3, -0.25) is 29.2 Å². The first kappa shape index (κ1) is 36.2. The highest BCUT2D eigenvalue weighted by molar-refractivity contribution is 7.98. The lowest BCUT2D eigenvalue weighted by Gasteiger charge is -2.25. The number of rotatable bonds is 21. The van der Waals surface area contributed by atoms with Gasteiger partial charge in [0, 0.05) is 19.5 Å². The van der Waals surface area contributed by atoms with Crippen molar-refractivity contribution in [3.63, 3.8) is 0 Å². The Morgan fingerprint density at radius 1 is 0.725 bits per heavy atom. The summed E-state index contributed by atoms with van der Waals surface area (Å²) in [6.07, 6.45) is 2.37. The Labute approximate surface area is 237 Å². The van der Waals surface area contributed by atoms with E-state index in [1.807, 2.05) is 6.26 Å². The molecule has 40 heavy (non-hydrogen) atoms. The van der Waals surface area contributed by atoms with E-state index in [4.69, 9.17) is 34.4 Å². The highest BCUT2D eigenvalue weighted by Gasteiger charge is 2.30. The molecule has 0 radical (unpaired) electrons. The number of carbonyl (C=O) groups is 5. The Morgan fingerprint density at radius 3 is 1.62 bits per heavy atom. The van der Waals surface area contributed by atoms with Gasteiger partial charge in [-0.2, -0.15) is 11.8 Å². The van der Waals surface area contributed by atoms with Crippen molar-refractivity contribution in [1.82, 2.24) is 16.0 Å². The molecular weight excluding hydrogens is 546 g/mol. The van der Waals surface area contributed by atoms with Crippen LogP contribution in [0.2, 0.25) is 0 Å². The SMILES string of the molecule is CSCCC(N)C(=O)NC(CCCN=C(N)N)C(=O)NC(CCC(N)=O)C(=O)NC(CCCN=C(N)N)C(=O)O. The summed E-state index contributed by atoms with van der Waals surface area (Å²) in [4.78, 5) is 69.5.